The number of piperidine rings is 1. The molecule has 1 aromatic carbocycles. The highest BCUT2D eigenvalue weighted by molar-refractivity contribution is 5.94. The Balaban J connectivity index is 1.51. The van der Waals surface area contributed by atoms with Crippen molar-refractivity contribution in [3.63, 3.8) is 0 Å². The molecule has 0 bridgehead atoms. The van der Waals surface area contributed by atoms with Gasteiger partial charge in [0.1, 0.15) is 0 Å². The van der Waals surface area contributed by atoms with Crippen molar-refractivity contribution < 1.29 is 14.3 Å². The van der Waals surface area contributed by atoms with Crippen molar-refractivity contribution in [3.05, 3.63) is 34.9 Å². The van der Waals surface area contributed by atoms with Gasteiger partial charge in [-0.3, -0.25) is 9.59 Å². The highest BCUT2D eigenvalue weighted by atomic mass is 16.5. The van der Waals surface area contributed by atoms with Crippen LogP contribution in [-0.4, -0.2) is 61.5 Å². The van der Waals surface area contributed by atoms with Gasteiger partial charge >= 0.3 is 0 Å². The number of carbonyl (C=O) groups excluding carboxylic acids is 2. The van der Waals surface area contributed by atoms with E-state index in [-0.39, 0.29) is 11.8 Å². The number of aryl methyl sites for hydroxylation is 2. The van der Waals surface area contributed by atoms with Crippen LogP contribution in [0.1, 0.15) is 40.7 Å². The standard InChI is InChI=1S/C21H30N2O3/c1-15-8-16(2)10-19(9-15)21(25)22-6-4-17(5-7-22)12-23-13-18(14-26-3)11-20(23)24/h8-10,17-18H,4-7,11-14H2,1-3H3. The summed E-state index contributed by atoms with van der Waals surface area (Å²) in [6, 6.07) is 6.04. The number of likely N-dealkylation sites (tertiary alicyclic amines) is 2. The first-order valence-corrected chi connectivity index (χ1v) is 9.60. The summed E-state index contributed by atoms with van der Waals surface area (Å²) < 4.78 is 5.19. The zero-order chi connectivity index (χ0) is 18.7. The molecule has 3 rings (SSSR count). The summed E-state index contributed by atoms with van der Waals surface area (Å²) >= 11 is 0. The molecule has 0 N–H and O–H groups in total. The van der Waals surface area contributed by atoms with Gasteiger partial charge in [-0.1, -0.05) is 17.2 Å². The summed E-state index contributed by atoms with van der Waals surface area (Å²) in [5.41, 5.74) is 3.04. The van der Waals surface area contributed by atoms with Crippen LogP contribution in [0.25, 0.3) is 0 Å². The zero-order valence-corrected chi connectivity index (χ0v) is 16.2. The van der Waals surface area contributed by atoms with Gasteiger partial charge in [-0.25, -0.2) is 0 Å². The Morgan fingerprint density at radius 2 is 1.77 bits per heavy atom. The molecule has 2 fully saturated rings. The highest BCUT2D eigenvalue weighted by Gasteiger charge is 2.32. The van der Waals surface area contributed by atoms with Crippen molar-refractivity contribution in [3.8, 4) is 0 Å². The maximum atomic E-state index is 12.8. The monoisotopic (exact) mass is 358 g/mol. The smallest absolute Gasteiger partial charge is 0.253 e. The summed E-state index contributed by atoms with van der Waals surface area (Å²) in [6.45, 7) is 7.91. The quantitative estimate of drug-likeness (QED) is 0.813. The van der Waals surface area contributed by atoms with E-state index in [9.17, 15) is 9.59 Å². The first-order chi connectivity index (χ1) is 12.5. The number of nitrogens with zero attached hydrogens (tertiary/aromatic N) is 2. The molecule has 5 heteroatoms. The minimum absolute atomic E-state index is 0.132. The number of benzene rings is 1. The molecule has 26 heavy (non-hydrogen) atoms. The Bertz CT molecular complexity index is 645. The summed E-state index contributed by atoms with van der Waals surface area (Å²) in [7, 11) is 1.69. The Morgan fingerprint density at radius 1 is 1.12 bits per heavy atom. The SMILES string of the molecule is COCC1CC(=O)N(CC2CCN(C(=O)c3cc(C)cc(C)c3)CC2)C1. The topological polar surface area (TPSA) is 49.9 Å². The van der Waals surface area contributed by atoms with Gasteiger partial charge in [0.05, 0.1) is 6.61 Å². The predicted molar refractivity (Wildman–Crippen MR) is 101 cm³/mol. The second-order valence-corrected chi connectivity index (χ2v) is 7.94. The van der Waals surface area contributed by atoms with Crippen LogP contribution in [0.2, 0.25) is 0 Å². The molecule has 2 aliphatic rings. The number of carbonyl (C=O) groups is 2. The minimum Gasteiger partial charge on any atom is -0.384 e. The molecular formula is C21H30N2O3. The maximum absolute atomic E-state index is 12.8. The number of amides is 2. The van der Waals surface area contributed by atoms with E-state index in [0.29, 0.717) is 24.9 Å². The van der Waals surface area contributed by atoms with Gasteiger partial charge in [-0.05, 0) is 44.7 Å². The van der Waals surface area contributed by atoms with E-state index in [4.69, 9.17) is 4.74 Å². The van der Waals surface area contributed by atoms with E-state index in [1.165, 1.54) is 0 Å². The molecule has 1 unspecified atom stereocenters. The van der Waals surface area contributed by atoms with Crippen molar-refractivity contribution in [2.45, 2.75) is 33.1 Å². The highest BCUT2D eigenvalue weighted by Crippen LogP contribution is 2.25. The van der Waals surface area contributed by atoms with E-state index in [1.54, 1.807) is 7.11 Å². The van der Waals surface area contributed by atoms with E-state index in [2.05, 4.69) is 6.07 Å². The van der Waals surface area contributed by atoms with Crippen molar-refractivity contribution in [1.29, 1.82) is 0 Å². The molecule has 0 aliphatic carbocycles. The minimum atomic E-state index is 0.132. The van der Waals surface area contributed by atoms with Crippen LogP contribution in [0, 0.1) is 25.7 Å². The average Bonchev–Trinajstić information content (AvgIpc) is 2.94. The molecule has 0 radical (unpaired) electrons. The Labute approximate surface area is 156 Å². The lowest BCUT2D eigenvalue weighted by Crippen LogP contribution is -2.42. The van der Waals surface area contributed by atoms with E-state index in [0.717, 1.165) is 55.7 Å². The lowest BCUT2D eigenvalue weighted by Gasteiger charge is -2.34. The molecule has 0 aromatic heterocycles. The van der Waals surface area contributed by atoms with Crippen LogP contribution < -0.4 is 0 Å². The van der Waals surface area contributed by atoms with Crippen LogP contribution in [0.4, 0.5) is 0 Å². The number of hydrogen-bond donors (Lipinski definition) is 0. The fourth-order valence-corrected chi connectivity index (χ4v) is 4.29. The van der Waals surface area contributed by atoms with E-state index < -0.39 is 0 Å². The van der Waals surface area contributed by atoms with Crippen LogP contribution in [0.15, 0.2) is 18.2 Å². The molecule has 1 aromatic rings. The van der Waals surface area contributed by atoms with Gasteiger partial charge in [0.15, 0.2) is 0 Å². The Kier molecular flexibility index (Phi) is 5.97. The molecule has 1 atom stereocenters. The van der Waals surface area contributed by atoms with Gasteiger partial charge in [-0.2, -0.15) is 0 Å². The van der Waals surface area contributed by atoms with Crippen molar-refractivity contribution >= 4 is 11.8 Å². The third-order valence-corrected chi connectivity index (χ3v) is 5.55. The maximum Gasteiger partial charge on any atom is 0.253 e. The fraction of sp³-hybridized carbons (Fsp3) is 0.619. The molecule has 5 nitrogen and oxygen atoms in total. The normalized spacial score (nSPS) is 21.5. The number of methoxy groups -OCH3 is 1. The second kappa shape index (κ2) is 8.21. The van der Waals surface area contributed by atoms with Crippen molar-refractivity contribution in [2.24, 2.45) is 11.8 Å². The second-order valence-electron chi connectivity index (χ2n) is 7.94. The summed E-state index contributed by atoms with van der Waals surface area (Å²) in [4.78, 5) is 28.9. The third-order valence-electron chi connectivity index (χ3n) is 5.55. The average molecular weight is 358 g/mol. The third kappa shape index (κ3) is 4.44. The number of rotatable bonds is 5. The summed E-state index contributed by atoms with van der Waals surface area (Å²) in [5.74, 6) is 1.20. The van der Waals surface area contributed by atoms with E-state index in [1.807, 2.05) is 35.8 Å². The molecule has 2 saturated heterocycles. The van der Waals surface area contributed by atoms with Crippen LogP contribution >= 0.6 is 0 Å². The van der Waals surface area contributed by atoms with Crippen LogP contribution in [-0.2, 0) is 9.53 Å². The predicted octanol–water partition coefficient (Wildman–Crippen LogP) is 2.65. The van der Waals surface area contributed by atoms with Crippen molar-refractivity contribution in [1.82, 2.24) is 9.80 Å². The van der Waals surface area contributed by atoms with Gasteiger partial charge in [0.25, 0.3) is 5.91 Å². The lowest BCUT2D eigenvalue weighted by atomic mass is 9.95. The van der Waals surface area contributed by atoms with Gasteiger partial charge in [0.2, 0.25) is 5.91 Å². The van der Waals surface area contributed by atoms with Gasteiger partial charge in [0, 0.05) is 51.2 Å². The molecule has 142 valence electrons. The number of ether oxygens (including phenoxy) is 1. The van der Waals surface area contributed by atoms with Crippen molar-refractivity contribution in [2.75, 3.05) is 39.9 Å². The Morgan fingerprint density at radius 3 is 2.38 bits per heavy atom. The molecule has 2 heterocycles. The summed E-state index contributed by atoms with van der Waals surface area (Å²) in [6.07, 6.45) is 2.54. The molecule has 0 spiro atoms. The van der Waals surface area contributed by atoms with Gasteiger partial charge in [-0.15, -0.1) is 0 Å². The van der Waals surface area contributed by atoms with Gasteiger partial charge < -0.3 is 14.5 Å². The molecule has 2 amide bonds. The largest absolute Gasteiger partial charge is 0.384 e. The molecular weight excluding hydrogens is 328 g/mol. The van der Waals surface area contributed by atoms with Crippen LogP contribution in [0.3, 0.4) is 0 Å². The first-order valence-electron chi connectivity index (χ1n) is 9.60. The van der Waals surface area contributed by atoms with E-state index >= 15 is 0 Å². The summed E-state index contributed by atoms with van der Waals surface area (Å²) in [5, 5.41) is 0. The zero-order valence-electron chi connectivity index (χ0n) is 16.2. The lowest BCUT2D eigenvalue weighted by molar-refractivity contribution is -0.128. The molecule has 2 aliphatic heterocycles. The fourth-order valence-electron chi connectivity index (χ4n) is 4.29. The number of hydrogen-bond acceptors (Lipinski definition) is 3. The Hall–Kier alpha value is -1.88. The molecule has 0 saturated carbocycles. The van der Waals surface area contributed by atoms with Crippen LogP contribution in [0.5, 0.6) is 0 Å². The first kappa shape index (κ1) is 18.9.